The second kappa shape index (κ2) is 4.48. The first kappa shape index (κ1) is 10.3. The van der Waals surface area contributed by atoms with Crippen molar-refractivity contribution in [3.63, 3.8) is 0 Å². The first-order valence-electron chi connectivity index (χ1n) is 4.21. The zero-order valence-corrected chi connectivity index (χ0v) is 8.14. The third-order valence-electron chi connectivity index (χ3n) is 1.92. The lowest BCUT2D eigenvalue weighted by atomic mass is 10.1. The number of pyridine rings is 2. The average Bonchev–Trinajstić information content (AvgIpc) is 2.20. The Morgan fingerprint density at radius 2 is 1.71 bits per heavy atom. The van der Waals surface area contributed by atoms with Gasteiger partial charge in [0.05, 0.1) is 11.4 Å². The third-order valence-corrected chi connectivity index (χ3v) is 1.92. The largest absolute Gasteiger partial charge is 0.344 e. The first-order valence-corrected chi connectivity index (χ1v) is 4.21. The van der Waals surface area contributed by atoms with Gasteiger partial charge in [-0.1, -0.05) is 12.1 Å². The molecule has 0 aliphatic heterocycles. The second-order valence-electron chi connectivity index (χ2n) is 2.88. The topological polar surface area (TPSA) is 60.8 Å². The van der Waals surface area contributed by atoms with E-state index in [1.165, 1.54) is 0 Å². The molecule has 0 atom stereocenters. The Bertz CT molecular complexity index is 398. The molecule has 0 fully saturated rings. The highest BCUT2D eigenvalue weighted by Gasteiger charge is 2.01. The van der Waals surface area contributed by atoms with Crippen LogP contribution in [0.15, 0.2) is 42.7 Å². The Hall–Kier alpha value is -1.74. The van der Waals surface area contributed by atoms with Crippen LogP contribution >= 0.6 is 0 Å². The Morgan fingerprint density at radius 3 is 2.36 bits per heavy atom. The minimum atomic E-state index is 0. The van der Waals surface area contributed by atoms with Crippen molar-refractivity contribution in [3.05, 3.63) is 48.3 Å². The summed E-state index contributed by atoms with van der Waals surface area (Å²) in [6.07, 6.45) is 3.57. The number of hydrogen-bond donors (Lipinski definition) is 1. The van der Waals surface area contributed by atoms with Crippen LogP contribution in [-0.2, 0) is 0 Å². The lowest BCUT2D eigenvalue weighted by Crippen LogP contribution is -1.88. The molecule has 3 N–H and O–H groups in total. The molecule has 0 bridgehead atoms. The van der Waals surface area contributed by atoms with E-state index in [2.05, 4.69) is 9.97 Å². The van der Waals surface area contributed by atoms with Gasteiger partial charge in [-0.15, -0.1) is 0 Å². The van der Waals surface area contributed by atoms with E-state index in [4.69, 9.17) is 0 Å². The number of rotatable bonds is 1. The van der Waals surface area contributed by atoms with Crippen LogP contribution < -0.4 is 6.15 Å². The van der Waals surface area contributed by atoms with E-state index in [-0.39, 0.29) is 6.15 Å². The maximum atomic E-state index is 4.29. The summed E-state index contributed by atoms with van der Waals surface area (Å²) in [7, 11) is 0. The molecule has 0 aliphatic carbocycles. The molecule has 0 saturated carbocycles. The Kier molecular flexibility index (Phi) is 3.31. The summed E-state index contributed by atoms with van der Waals surface area (Å²) in [5.41, 5.74) is 3.05. The molecule has 2 rings (SSSR count). The van der Waals surface area contributed by atoms with Crippen LogP contribution in [0.2, 0.25) is 0 Å². The van der Waals surface area contributed by atoms with Crippen molar-refractivity contribution < 1.29 is 0 Å². The molecule has 0 aliphatic rings. The maximum absolute atomic E-state index is 4.29. The molecule has 72 valence electrons. The van der Waals surface area contributed by atoms with Gasteiger partial charge in [0.15, 0.2) is 0 Å². The Morgan fingerprint density at radius 1 is 0.929 bits per heavy atom. The average molecular weight is 187 g/mol. The first-order chi connectivity index (χ1) is 6.38. The fraction of sp³-hybridized carbons (Fsp3) is 0.0909. The molecule has 2 aromatic rings. The number of aryl methyl sites for hydroxylation is 1. The highest BCUT2D eigenvalue weighted by molar-refractivity contribution is 5.57. The smallest absolute Gasteiger partial charge is 0.0915 e. The summed E-state index contributed by atoms with van der Waals surface area (Å²) in [5.74, 6) is 0. The van der Waals surface area contributed by atoms with Crippen LogP contribution in [0.5, 0.6) is 0 Å². The van der Waals surface area contributed by atoms with Gasteiger partial charge in [-0.2, -0.15) is 0 Å². The summed E-state index contributed by atoms with van der Waals surface area (Å²) in [5, 5.41) is 0. The molecule has 2 aromatic heterocycles. The van der Waals surface area contributed by atoms with E-state index in [1.807, 2.05) is 37.3 Å². The molecule has 0 unspecified atom stereocenters. The molecule has 0 saturated heterocycles. The van der Waals surface area contributed by atoms with Gasteiger partial charge in [-0.05, 0) is 30.7 Å². The van der Waals surface area contributed by atoms with Gasteiger partial charge >= 0.3 is 0 Å². The maximum Gasteiger partial charge on any atom is 0.0915 e. The minimum absolute atomic E-state index is 0. The summed E-state index contributed by atoms with van der Waals surface area (Å²) in [6, 6.07) is 9.81. The van der Waals surface area contributed by atoms with Gasteiger partial charge in [-0.3, -0.25) is 9.97 Å². The van der Waals surface area contributed by atoms with E-state index in [1.54, 1.807) is 12.4 Å². The van der Waals surface area contributed by atoms with Gasteiger partial charge in [0.25, 0.3) is 0 Å². The van der Waals surface area contributed by atoms with Crippen LogP contribution in [0.4, 0.5) is 0 Å². The van der Waals surface area contributed by atoms with Crippen molar-refractivity contribution in [2.75, 3.05) is 0 Å². The summed E-state index contributed by atoms with van der Waals surface area (Å²) >= 11 is 0. The van der Waals surface area contributed by atoms with Crippen LogP contribution in [0.1, 0.15) is 5.56 Å². The van der Waals surface area contributed by atoms with E-state index in [9.17, 15) is 0 Å². The number of nitrogens with zero attached hydrogens (tertiary/aromatic N) is 2. The Labute approximate surface area is 83.4 Å². The molecule has 0 radical (unpaired) electrons. The fourth-order valence-corrected chi connectivity index (χ4v) is 1.26. The van der Waals surface area contributed by atoms with Gasteiger partial charge in [-0.25, -0.2) is 0 Å². The standard InChI is InChI=1S/C11H10N2.H3N/c1-9-5-4-8-13-11(9)10-6-2-3-7-12-10;/h2-8H,1H3;1H3. The molecule has 14 heavy (non-hydrogen) atoms. The molecule has 2 heterocycles. The van der Waals surface area contributed by atoms with Gasteiger partial charge in [0.2, 0.25) is 0 Å². The molecule has 0 amide bonds. The van der Waals surface area contributed by atoms with Crippen molar-refractivity contribution in [3.8, 4) is 11.4 Å². The summed E-state index contributed by atoms with van der Waals surface area (Å²) in [4.78, 5) is 8.53. The lowest BCUT2D eigenvalue weighted by Gasteiger charge is -2.01. The van der Waals surface area contributed by atoms with E-state index in [0.29, 0.717) is 0 Å². The summed E-state index contributed by atoms with van der Waals surface area (Å²) in [6.45, 7) is 2.04. The molecular weight excluding hydrogens is 174 g/mol. The van der Waals surface area contributed by atoms with Crippen molar-refractivity contribution in [2.24, 2.45) is 0 Å². The highest BCUT2D eigenvalue weighted by Crippen LogP contribution is 2.16. The van der Waals surface area contributed by atoms with E-state index >= 15 is 0 Å². The van der Waals surface area contributed by atoms with Crippen LogP contribution in [0.3, 0.4) is 0 Å². The van der Waals surface area contributed by atoms with Crippen LogP contribution in [-0.4, -0.2) is 9.97 Å². The van der Waals surface area contributed by atoms with Crippen LogP contribution in [0, 0.1) is 6.92 Å². The van der Waals surface area contributed by atoms with Crippen molar-refractivity contribution in [2.45, 2.75) is 6.92 Å². The molecular formula is C11H13N3. The van der Waals surface area contributed by atoms with Crippen molar-refractivity contribution in [1.82, 2.24) is 16.1 Å². The van der Waals surface area contributed by atoms with Crippen molar-refractivity contribution in [1.29, 1.82) is 0 Å². The van der Waals surface area contributed by atoms with Crippen molar-refractivity contribution >= 4 is 0 Å². The molecule has 3 nitrogen and oxygen atoms in total. The van der Waals surface area contributed by atoms with E-state index in [0.717, 1.165) is 17.0 Å². The van der Waals surface area contributed by atoms with Gasteiger partial charge in [0.1, 0.15) is 0 Å². The monoisotopic (exact) mass is 187 g/mol. The normalized spacial score (nSPS) is 9.21. The highest BCUT2D eigenvalue weighted by atomic mass is 14.8. The zero-order chi connectivity index (χ0) is 9.10. The lowest BCUT2D eigenvalue weighted by molar-refractivity contribution is 1.21. The number of aromatic nitrogens is 2. The SMILES string of the molecule is Cc1cccnc1-c1ccccn1.N. The molecule has 0 spiro atoms. The zero-order valence-electron chi connectivity index (χ0n) is 8.14. The predicted octanol–water partition coefficient (Wildman–Crippen LogP) is 2.61. The molecule has 3 heteroatoms. The summed E-state index contributed by atoms with van der Waals surface area (Å²) < 4.78 is 0. The molecule has 0 aromatic carbocycles. The second-order valence-corrected chi connectivity index (χ2v) is 2.88. The number of hydrogen-bond acceptors (Lipinski definition) is 3. The minimum Gasteiger partial charge on any atom is -0.344 e. The van der Waals surface area contributed by atoms with Gasteiger partial charge in [0, 0.05) is 12.4 Å². The predicted molar refractivity (Wildman–Crippen MR) is 57.2 cm³/mol. The van der Waals surface area contributed by atoms with E-state index < -0.39 is 0 Å². The third kappa shape index (κ3) is 1.95. The quantitative estimate of drug-likeness (QED) is 0.746. The van der Waals surface area contributed by atoms with Gasteiger partial charge < -0.3 is 6.15 Å². The fourth-order valence-electron chi connectivity index (χ4n) is 1.26. The van der Waals surface area contributed by atoms with Crippen LogP contribution in [0.25, 0.3) is 11.4 Å². The Balaban J connectivity index is 0.000000980.